The molecule has 2 heterocycles. The van der Waals surface area contributed by atoms with Gasteiger partial charge in [-0.15, -0.1) is 0 Å². The van der Waals surface area contributed by atoms with Crippen molar-refractivity contribution in [1.82, 2.24) is 19.7 Å². The van der Waals surface area contributed by atoms with E-state index >= 15 is 0 Å². The van der Waals surface area contributed by atoms with E-state index in [9.17, 15) is 15.0 Å². The maximum atomic E-state index is 11.7. The molecule has 3 rings (SSSR count). The van der Waals surface area contributed by atoms with Crippen LogP contribution in [0.1, 0.15) is 22.6 Å². The summed E-state index contributed by atoms with van der Waals surface area (Å²) in [6.45, 7) is 5.61. The van der Waals surface area contributed by atoms with Crippen LogP contribution in [0, 0.1) is 20.8 Å². The Hall–Kier alpha value is -3.42. The zero-order chi connectivity index (χ0) is 19.6. The van der Waals surface area contributed by atoms with Gasteiger partial charge in [-0.05, 0) is 44.5 Å². The van der Waals surface area contributed by atoms with Crippen molar-refractivity contribution >= 4 is 11.8 Å². The van der Waals surface area contributed by atoms with Crippen molar-refractivity contribution in [3.8, 4) is 11.7 Å². The Morgan fingerprint density at radius 1 is 1.11 bits per heavy atom. The number of benzene rings is 1. The number of carbonyl (C=O) groups is 1. The number of carboxylic acids is 1. The van der Waals surface area contributed by atoms with Crippen LogP contribution in [-0.4, -0.2) is 42.0 Å². The van der Waals surface area contributed by atoms with Gasteiger partial charge < -0.3 is 15.5 Å². The summed E-state index contributed by atoms with van der Waals surface area (Å²) in [6, 6.07) is 9.19. The second kappa shape index (κ2) is 7.45. The molecule has 1 aromatic carbocycles. The molecule has 0 aliphatic heterocycles. The number of anilines is 1. The zero-order valence-corrected chi connectivity index (χ0v) is 15.3. The molecule has 0 spiro atoms. The van der Waals surface area contributed by atoms with Crippen molar-refractivity contribution in [2.24, 2.45) is 0 Å². The fourth-order valence-electron chi connectivity index (χ4n) is 2.80. The monoisotopic (exact) mass is 367 g/mol. The molecule has 0 aliphatic rings. The number of phenolic OH excluding ortho intramolecular Hbond substituents is 1. The van der Waals surface area contributed by atoms with E-state index in [4.69, 9.17) is 0 Å². The highest BCUT2D eigenvalue weighted by molar-refractivity contribution is 5.77. The van der Waals surface area contributed by atoms with Crippen molar-refractivity contribution in [3.05, 3.63) is 59.0 Å². The van der Waals surface area contributed by atoms with Crippen LogP contribution in [0.2, 0.25) is 0 Å². The molecule has 2 aromatic heterocycles. The molecule has 27 heavy (non-hydrogen) atoms. The summed E-state index contributed by atoms with van der Waals surface area (Å²) in [5.41, 5.74) is 3.23. The summed E-state index contributed by atoms with van der Waals surface area (Å²) >= 11 is 0. The van der Waals surface area contributed by atoms with Crippen LogP contribution < -0.4 is 5.32 Å². The van der Waals surface area contributed by atoms with Crippen LogP contribution in [0.3, 0.4) is 0 Å². The zero-order valence-electron chi connectivity index (χ0n) is 15.3. The highest BCUT2D eigenvalue weighted by Crippen LogP contribution is 2.16. The van der Waals surface area contributed by atoms with E-state index in [1.807, 2.05) is 26.8 Å². The molecule has 8 heteroatoms. The lowest BCUT2D eigenvalue weighted by Crippen LogP contribution is -2.32. The van der Waals surface area contributed by atoms with Gasteiger partial charge >= 0.3 is 5.97 Å². The minimum absolute atomic E-state index is 0.138. The highest BCUT2D eigenvalue weighted by atomic mass is 16.4. The van der Waals surface area contributed by atoms with Gasteiger partial charge in [0, 0.05) is 23.9 Å². The van der Waals surface area contributed by atoms with Gasteiger partial charge in [0.05, 0.1) is 5.69 Å². The first-order chi connectivity index (χ1) is 12.8. The van der Waals surface area contributed by atoms with Gasteiger partial charge in [0.1, 0.15) is 17.6 Å². The Labute approximate surface area is 156 Å². The smallest absolute Gasteiger partial charge is 0.326 e. The van der Waals surface area contributed by atoms with E-state index in [1.54, 1.807) is 22.9 Å². The molecule has 3 aromatic rings. The standard InChI is InChI=1S/C19H21N5O3/c1-11-9-17(22-19(20-11)24-13(3)8-12(2)23-24)21-16(18(26)27)10-14-4-6-15(25)7-5-14/h4-9,16,25H,10H2,1-3H3,(H,26,27)(H,20,21,22)/t16-/m0/s1. The number of aromatic hydroxyl groups is 1. The predicted octanol–water partition coefficient (Wildman–Crippen LogP) is 2.40. The van der Waals surface area contributed by atoms with Gasteiger partial charge in [-0.2, -0.15) is 10.1 Å². The summed E-state index contributed by atoms with van der Waals surface area (Å²) in [4.78, 5) is 20.5. The quantitative estimate of drug-likeness (QED) is 0.613. The maximum Gasteiger partial charge on any atom is 0.326 e. The van der Waals surface area contributed by atoms with E-state index in [2.05, 4.69) is 20.4 Å². The van der Waals surface area contributed by atoms with Crippen LogP contribution >= 0.6 is 0 Å². The SMILES string of the molecule is Cc1cc(N[C@@H](Cc2ccc(O)cc2)C(=O)O)nc(-n2nc(C)cc2C)n1. The van der Waals surface area contributed by atoms with Crippen molar-refractivity contribution in [1.29, 1.82) is 0 Å². The van der Waals surface area contributed by atoms with E-state index in [0.717, 1.165) is 17.0 Å². The van der Waals surface area contributed by atoms with E-state index < -0.39 is 12.0 Å². The number of phenols is 1. The third kappa shape index (κ3) is 4.41. The second-order valence-corrected chi connectivity index (χ2v) is 6.44. The van der Waals surface area contributed by atoms with Gasteiger partial charge in [0.25, 0.3) is 5.95 Å². The number of rotatable bonds is 6. The summed E-state index contributed by atoms with van der Waals surface area (Å²) in [5.74, 6) is -0.0559. The van der Waals surface area contributed by atoms with Crippen molar-refractivity contribution < 1.29 is 15.0 Å². The Kier molecular flexibility index (Phi) is 5.07. The Bertz CT molecular complexity index is 966. The van der Waals surface area contributed by atoms with Gasteiger partial charge in [0.2, 0.25) is 0 Å². The summed E-state index contributed by atoms with van der Waals surface area (Å²) in [7, 11) is 0. The third-order valence-corrected chi connectivity index (χ3v) is 4.04. The third-order valence-electron chi connectivity index (χ3n) is 4.04. The lowest BCUT2D eigenvalue weighted by Gasteiger charge is -2.16. The average molecular weight is 367 g/mol. The molecule has 0 saturated heterocycles. The lowest BCUT2D eigenvalue weighted by molar-refractivity contribution is -0.137. The molecular formula is C19H21N5O3. The van der Waals surface area contributed by atoms with Gasteiger partial charge in [-0.25, -0.2) is 14.5 Å². The van der Waals surface area contributed by atoms with E-state index in [-0.39, 0.29) is 12.2 Å². The Morgan fingerprint density at radius 3 is 2.41 bits per heavy atom. The van der Waals surface area contributed by atoms with Gasteiger partial charge in [-0.3, -0.25) is 0 Å². The number of nitrogens with zero attached hydrogens (tertiary/aromatic N) is 4. The summed E-state index contributed by atoms with van der Waals surface area (Å²) < 4.78 is 1.63. The molecule has 0 unspecified atom stereocenters. The molecule has 0 fully saturated rings. The van der Waals surface area contributed by atoms with Crippen LogP contribution in [0.5, 0.6) is 5.75 Å². The molecule has 3 N–H and O–H groups in total. The lowest BCUT2D eigenvalue weighted by atomic mass is 10.1. The normalized spacial score (nSPS) is 12.0. The van der Waals surface area contributed by atoms with Crippen molar-refractivity contribution in [3.63, 3.8) is 0 Å². The van der Waals surface area contributed by atoms with Crippen LogP contribution in [-0.2, 0) is 11.2 Å². The number of hydrogen-bond donors (Lipinski definition) is 3. The van der Waals surface area contributed by atoms with Crippen LogP contribution in [0.25, 0.3) is 5.95 Å². The summed E-state index contributed by atoms with van der Waals surface area (Å²) in [5, 5.41) is 26.3. The number of aliphatic carboxylic acids is 1. The number of hydrogen-bond acceptors (Lipinski definition) is 6. The fraction of sp³-hybridized carbons (Fsp3) is 0.263. The van der Waals surface area contributed by atoms with E-state index in [0.29, 0.717) is 17.5 Å². The molecule has 140 valence electrons. The minimum atomic E-state index is -0.994. The molecular weight excluding hydrogens is 346 g/mol. The number of aryl methyl sites for hydroxylation is 3. The highest BCUT2D eigenvalue weighted by Gasteiger charge is 2.19. The largest absolute Gasteiger partial charge is 0.508 e. The average Bonchev–Trinajstić information content (AvgIpc) is 2.94. The molecule has 0 bridgehead atoms. The van der Waals surface area contributed by atoms with E-state index in [1.165, 1.54) is 12.1 Å². The maximum absolute atomic E-state index is 11.7. The Balaban J connectivity index is 1.87. The Morgan fingerprint density at radius 2 is 1.81 bits per heavy atom. The molecule has 0 saturated carbocycles. The fourth-order valence-corrected chi connectivity index (χ4v) is 2.80. The van der Waals surface area contributed by atoms with Crippen LogP contribution in [0.4, 0.5) is 5.82 Å². The first-order valence-electron chi connectivity index (χ1n) is 8.48. The second-order valence-electron chi connectivity index (χ2n) is 6.44. The molecule has 0 amide bonds. The van der Waals surface area contributed by atoms with Crippen LogP contribution in [0.15, 0.2) is 36.4 Å². The number of aromatic nitrogens is 4. The van der Waals surface area contributed by atoms with Gasteiger partial charge in [-0.1, -0.05) is 12.1 Å². The van der Waals surface area contributed by atoms with Gasteiger partial charge in [0.15, 0.2) is 0 Å². The van der Waals surface area contributed by atoms with Crippen molar-refractivity contribution in [2.45, 2.75) is 33.2 Å². The topological polar surface area (TPSA) is 113 Å². The first-order valence-corrected chi connectivity index (χ1v) is 8.48. The molecule has 0 radical (unpaired) electrons. The summed E-state index contributed by atoms with van der Waals surface area (Å²) in [6.07, 6.45) is 0.244. The molecule has 8 nitrogen and oxygen atoms in total. The molecule has 0 aliphatic carbocycles. The number of carboxylic acid groups (broad SMARTS) is 1. The molecule has 1 atom stereocenters. The van der Waals surface area contributed by atoms with Crippen molar-refractivity contribution in [2.75, 3.05) is 5.32 Å². The number of nitrogens with one attached hydrogen (secondary N) is 1. The predicted molar refractivity (Wildman–Crippen MR) is 100 cm³/mol. The minimum Gasteiger partial charge on any atom is -0.508 e. The first kappa shape index (κ1) is 18.4.